The number of amides is 2. The number of hydrogen-bond donors (Lipinski definition) is 2. The lowest BCUT2D eigenvalue weighted by Gasteiger charge is -2.14. The van der Waals surface area contributed by atoms with Gasteiger partial charge < -0.3 is 24.8 Å². The number of hydrogen-bond acceptors (Lipinski definition) is 8. The summed E-state index contributed by atoms with van der Waals surface area (Å²) in [6.45, 7) is 4.11. The maximum atomic E-state index is 13.0. The van der Waals surface area contributed by atoms with Crippen molar-refractivity contribution in [3.63, 3.8) is 0 Å². The van der Waals surface area contributed by atoms with Gasteiger partial charge in [0.1, 0.15) is 5.75 Å². The summed E-state index contributed by atoms with van der Waals surface area (Å²) in [5, 5.41) is 15.0. The van der Waals surface area contributed by atoms with Crippen LogP contribution >= 0.6 is 11.8 Å². The van der Waals surface area contributed by atoms with Crippen LogP contribution in [0.3, 0.4) is 0 Å². The molecule has 0 saturated carbocycles. The Morgan fingerprint density at radius 1 is 0.875 bits per heavy atom. The van der Waals surface area contributed by atoms with Crippen molar-refractivity contribution in [1.29, 1.82) is 0 Å². The van der Waals surface area contributed by atoms with Gasteiger partial charge in [0.15, 0.2) is 22.5 Å². The first-order chi connectivity index (χ1) is 19.3. The lowest BCUT2D eigenvalue weighted by Crippen LogP contribution is -2.25. The molecule has 10 nitrogen and oxygen atoms in total. The molecule has 0 spiro atoms. The van der Waals surface area contributed by atoms with Crippen LogP contribution in [0.15, 0.2) is 65.8 Å². The molecule has 4 aromatic rings. The predicted octanol–water partition coefficient (Wildman–Crippen LogP) is 4.57. The predicted molar refractivity (Wildman–Crippen MR) is 154 cm³/mol. The summed E-state index contributed by atoms with van der Waals surface area (Å²) in [5.41, 5.74) is 4.02. The van der Waals surface area contributed by atoms with Gasteiger partial charge in [-0.2, -0.15) is 0 Å². The minimum Gasteiger partial charge on any atom is -0.497 e. The highest BCUT2D eigenvalue weighted by Gasteiger charge is 2.19. The fourth-order valence-corrected chi connectivity index (χ4v) is 4.71. The highest BCUT2D eigenvalue weighted by atomic mass is 32.2. The average molecular weight is 562 g/mol. The standard InChI is InChI=1S/C29H31N5O5S/c1-18-6-7-19(2)23(14-18)34-26(16-30-28(36)20-8-13-24(38-4)25(15-20)39-5)32-33-29(34)40-17-27(35)31-21-9-11-22(37-3)12-10-21/h6-15H,16-17H2,1-5H3,(H,30,36)(H,31,35). The summed E-state index contributed by atoms with van der Waals surface area (Å²) in [6.07, 6.45) is 0. The van der Waals surface area contributed by atoms with Crippen LogP contribution in [-0.2, 0) is 11.3 Å². The molecule has 0 unspecified atom stereocenters. The molecule has 1 heterocycles. The second-order valence-corrected chi connectivity index (χ2v) is 9.78. The molecular weight excluding hydrogens is 530 g/mol. The quantitative estimate of drug-likeness (QED) is 0.256. The average Bonchev–Trinajstić information content (AvgIpc) is 3.38. The van der Waals surface area contributed by atoms with E-state index in [-0.39, 0.29) is 24.1 Å². The summed E-state index contributed by atoms with van der Waals surface area (Å²) in [4.78, 5) is 25.6. The minimum absolute atomic E-state index is 0.117. The number of rotatable bonds is 11. The Hall–Kier alpha value is -4.51. The monoisotopic (exact) mass is 561 g/mol. The van der Waals surface area contributed by atoms with Crippen molar-refractivity contribution in [3.05, 3.63) is 83.2 Å². The fourth-order valence-electron chi connectivity index (χ4n) is 3.95. The van der Waals surface area contributed by atoms with Gasteiger partial charge in [0, 0.05) is 11.3 Å². The van der Waals surface area contributed by atoms with Gasteiger partial charge in [0.05, 0.1) is 39.3 Å². The number of nitrogens with one attached hydrogen (secondary N) is 2. The number of carbonyl (C=O) groups is 2. The van der Waals surface area contributed by atoms with E-state index in [2.05, 4.69) is 20.8 Å². The van der Waals surface area contributed by atoms with Crippen molar-refractivity contribution in [2.75, 3.05) is 32.4 Å². The van der Waals surface area contributed by atoms with Gasteiger partial charge in [-0.25, -0.2) is 0 Å². The number of benzene rings is 3. The molecule has 3 aromatic carbocycles. The summed E-state index contributed by atoms with van der Waals surface area (Å²) in [7, 11) is 4.64. The fraction of sp³-hybridized carbons (Fsp3) is 0.241. The summed E-state index contributed by atoms with van der Waals surface area (Å²) < 4.78 is 17.6. The molecule has 0 radical (unpaired) electrons. The second kappa shape index (κ2) is 13.0. The molecule has 208 valence electrons. The number of aryl methyl sites for hydroxylation is 2. The number of methoxy groups -OCH3 is 3. The van der Waals surface area contributed by atoms with Crippen LogP contribution < -0.4 is 24.8 Å². The van der Waals surface area contributed by atoms with E-state index in [1.54, 1.807) is 49.6 Å². The molecule has 0 fully saturated rings. The first kappa shape index (κ1) is 28.5. The maximum absolute atomic E-state index is 13.0. The maximum Gasteiger partial charge on any atom is 0.251 e. The van der Waals surface area contributed by atoms with E-state index in [0.29, 0.717) is 39.5 Å². The Morgan fingerprint density at radius 2 is 1.62 bits per heavy atom. The van der Waals surface area contributed by atoms with Crippen molar-refractivity contribution in [1.82, 2.24) is 20.1 Å². The first-order valence-electron chi connectivity index (χ1n) is 12.4. The Kier molecular flexibility index (Phi) is 9.28. The van der Waals surface area contributed by atoms with Crippen LogP contribution in [0.4, 0.5) is 5.69 Å². The topological polar surface area (TPSA) is 117 Å². The molecule has 0 saturated heterocycles. The lowest BCUT2D eigenvalue weighted by atomic mass is 10.1. The van der Waals surface area contributed by atoms with Crippen molar-refractivity contribution in [3.8, 4) is 22.9 Å². The van der Waals surface area contributed by atoms with Crippen LogP contribution in [0.1, 0.15) is 27.3 Å². The molecule has 0 atom stereocenters. The van der Waals surface area contributed by atoms with E-state index in [1.165, 1.54) is 26.0 Å². The molecule has 0 bridgehead atoms. The number of anilines is 1. The molecule has 0 aliphatic rings. The molecule has 11 heteroatoms. The highest BCUT2D eigenvalue weighted by molar-refractivity contribution is 7.99. The molecular formula is C29H31N5O5S. The van der Waals surface area contributed by atoms with Crippen LogP contribution in [0, 0.1) is 13.8 Å². The third-order valence-electron chi connectivity index (χ3n) is 6.06. The number of carbonyl (C=O) groups excluding carboxylic acids is 2. The van der Waals surface area contributed by atoms with E-state index in [1.807, 2.05) is 36.6 Å². The van der Waals surface area contributed by atoms with Crippen molar-refractivity contribution >= 4 is 29.3 Å². The van der Waals surface area contributed by atoms with Crippen LogP contribution in [-0.4, -0.2) is 53.7 Å². The van der Waals surface area contributed by atoms with Gasteiger partial charge in [-0.15, -0.1) is 10.2 Å². The molecule has 0 aliphatic carbocycles. The van der Waals surface area contributed by atoms with Crippen LogP contribution in [0.25, 0.3) is 5.69 Å². The zero-order valence-corrected chi connectivity index (χ0v) is 23.8. The van der Waals surface area contributed by atoms with Gasteiger partial charge in [0.25, 0.3) is 5.91 Å². The van der Waals surface area contributed by atoms with Crippen molar-refractivity contribution in [2.45, 2.75) is 25.5 Å². The lowest BCUT2D eigenvalue weighted by molar-refractivity contribution is -0.113. The SMILES string of the molecule is COc1ccc(NC(=O)CSc2nnc(CNC(=O)c3ccc(OC)c(OC)c3)n2-c2cc(C)ccc2C)cc1. The zero-order chi connectivity index (χ0) is 28.6. The van der Waals surface area contributed by atoms with E-state index in [0.717, 1.165) is 16.8 Å². The van der Waals surface area contributed by atoms with E-state index < -0.39 is 0 Å². The van der Waals surface area contributed by atoms with Gasteiger partial charge in [-0.1, -0.05) is 23.9 Å². The molecule has 2 amide bonds. The second-order valence-electron chi connectivity index (χ2n) is 8.84. The summed E-state index contributed by atoms with van der Waals surface area (Å²) in [5.74, 6) is 1.86. The number of ether oxygens (including phenoxy) is 3. The van der Waals surface area contributed by atoms with E-state index in [9.17, 15) is 9.59 Å². The Bertz CT molecular complexity index is 1500. The zero-order valence-electron chi connectivity index (χ0n) is 23.0. The van der Waals surface area contributed by atoms with Crippen molar-refractivity contribution in [2.24, 2.45) is 0 Å². The molecule has 4 rings (SSSR count). The third-order valence-corrected chi connectivity index (χ3v) is 6.99. The Labute approximate surface area is 237 Å². The normalized spacial score (nSPS) is 10.6. The largest absolute Gasteiger partial charge is 0.497 e. The smallest absolute Gasteiger partial charge is 0.251 e. The van der Waals surface area contributed by atoms with E-state index >= 15 is 0 Å². The number of nitrogens with zero attached hydrogens (tertiary/aromatic N) is 3. The van der Waals surface area contributed by atoms with Gasteiger partial charge in [-0.3, -0.25) is 14.2 Å². The Balaban J connectivity index is 1.53. The minimum atomic E-state index is -0.301. The summed E-state index contributed by atoms with van der Waals surface area (Å²) >= 11 is 1.26. The van der Waals surface area contributed by atoms with E-state index in [4.69, 9.17) is 14.2 Å². The third kappa shape index (κ3) is 6.73. The van der Waals surface area contributed by atoms with Gasteiger partial charge >= 0.3 is 0 Å². The van der Waals surface area contributed by atoms with Gasteiger partial charge in [0.2, 0.25) is 5.91 Å². The van der Waals surface area contributed by atoms with Gasteiger partial charge in [-0.05, 0) is 73.5 Å². The molecule has 0 aliphatic heterocycles. The number of thioether (sulfide) groups is 1. The highest BCUT2D eigenvalue weighted by Crippen LogP contribution is 2.28. The van der Waals surface area contributed by atoms with Crippen LogP contribution in [0.5, 0.6) is 17.2 Å². The molecule has 2 N–H and O–H groups in total. The molecule has 40 heavy (non-hydrogen) atoms. The Morgan fingerprint density at radius 3 is 2.33 bits per heavy atom. The number of aromatic nitrogens is 3. The molecule has 1 aromatic heterocycles. The summed E-state index contributed by atoms with van der Waals surface area (Å²) in [6, 6.07) is 18.1. The van der Waals surface area contributed by atoms with Crippen molar-refractivity contribution < 1.29 is 23.8 Å². The first-order valence-corrected chi connectivity index (χ1v) is 13.4. The van der Waals surface area contributed by atoms with Crippen LogP contribution in [0.2, 0.25) is 0 Å².